The van der Waals surface area contributed by atoms with E-state index in [-0.39, 0.29) is 23.3 Å². The van der Waals surface area contributed by atoms with Crippen LogP contribution in [0, 0.1) is 24.7 Å². The summed E-state index contributed by atoms with van der Waals surface area (Å²) >= 11 is 0. The lowest BCUT2D eigenvalue weighted by molar-refractivity contribution is -0.124. The van der Waals surface area contributed by atoms with Crippen LogP contribution < -0.4 is 9.64 Å². The highest BCUT2D eigenvalue weighted by Crippen LogP contribution is 2.53. The third-order valence-electron chi connectivity index (χ3n) is 11.2. The zero-order chi connectivity index (χ0) is 29.6. The highest BCUT2D eigenvalue weighted by Gasteiger charge is 2.45. The average Bonchev–Trinajstić information content (AvgIpc) is 3.77. The summed E-state index contributed by atoms with van der Waals surface area (Å²) in [4.78, 5) is 21.2. The smallest absolute Gasteiger partial charge is 0.230 e. The van der Waals surface area contributed by atoms with Gasteiger partial charge in [-0.1, -0.05) is 37.1 Å². The number of methoxy groups -OCH3 is 1. The van der Waals surface area contributed by atoms with Crippen molar-refractivity contribution in [1.29, 1.82) is 0 Å². The number of amides is 1. The average molecular weight is 583 g/mol. The Morgan fingerprint density at radius 3 is 2.65 bits per heavy atom. The Kier molecular flexibility index (Phi) is 7.83. The highest BCUT2D eigenvalue weighted by atomic mass is 16.5. The first-order valence-electron chi connectivity index (χ1n) is 16.6. The van der Waals surface area contributed by atoms with E-state index in [1.807, 2.05) is 0 Å². The van der Waals surface area contributed by atoms with Crippen LogP contribution in [0.1, 0.15) is 100.0 Å². The van der Waals surface area contributed by atoms with Gasteiger partial charge in [-0.3, -0.25) is 4.79 Å². The van der Waals surface area contributed by atoms with Crippen molar-refractivity contribution in [3.05, 3.63) is 65.7 Å². The van der Waals surface area contributed by atoms with Crippen molar-refractivity contribution < 1.29 is 19.1 Å². The molecule has 4 aliphatic carbocycles. The van der Waals surface area contributed by atoms with Crippen LogP contribution in [0.25, 0.3) is 11.3 Å². The molecule has 2 aromatic carbocycles. The van der Waals surface area contributed by atoms with Crippen molar-refractivity contribution in [2.75, 3.05) is 18.6 Å². The Morgan fingerprint density at radius 1 is 1.05 bits per heavy atom. The number of aryl methyl sites for hydroxylation is 1. The topological polar surface area (TPSA) is 75.8 Å². The number of hydrogen-bond donors (Lipinski definition) is 1. The summed E-state index contributed by atoms with van der Waals surface area (Å²) in [5, 5.41) is 10.1. The highest BCUT2D eigenvalue weighted by molar-refractivity contribution is 5.95. The minimum atomic E-state index is -0.274. The fraction of sp³-hybridized carbons (Fsp3) is 0.568. The van der Waals surface area contributed by atoms with E-state index in [0.29, 0.717) is 30.6 Å². The summed E-state index contributed by atoms with van der Waals surface area (Å²) in [7, 11) is 1.75. The molecule has 3 aromatic rings. The number of aliphatic hydroxyl groups is 1. The Morgan fingerprint density at radius 2 is 1.88 bits per heavy atom. The molecular weight excluding hydrogens is 536 g/mol. The van der Waals surface area contributed by atoms with E-state index >= 15 is 0 Å². The molecule has 4 saturated carbocycles. The zero-order valence-corrected chi connectivity index (χ0v) is 25.8. The molecule has 0 radical (unpaired) electrons. The molecular formula is C37H46N2O4. The van der Waals surface area contributed by atoms with Crippen molar-refractivity contribution in [3.63, 3.8) is 0 Å². The maximum atomic E-state index is 14.3. The number of carbonyl (C=O) groups excluding carboxylic acids is 1. The molecule has 0 saturated heterocycles. The van der Waals surface area contributed by atoms with Crippen LogP contribution in [-0.4, -0.2) is 35.8 Å². The number of aromatic nitrogens is 1. The third-order valence-corrected chi connectivity index (χ3v) is 11.2. The zero-order valence-electron chi connectivity index (χ0n) is 25.8. The molecule has 1 amide bonds. The summed E-state index contributed by atoms with van der Waals surface area (Å²) < 4.78 is 11.4. The Bertz CT molecular complexity index is 1450. The van der Waals surface area contributed by atoms with Crippen molar-refractivity contribution in [2.45, 2.75) is 101 Å². The molecule has 0 aliphatic heterocycles. The first-order valence-corrected chi connectivity index (χ1v) is 16.6. The Balaban J connectivity index is 1.15. The molecule has 1 heterocycles. The molecule has 3 atom stereocenters. The van der Waals surface area contributed by atoms with Gasteiger partial charge in [0, 0.05) is 29.6 Å². The predicted molar refractivity (Wildman–Crippen MR) is 168 cm³/mol. The first-order chi connectivity index (χ1) is 20.9. The summed E-state index contributed by atoms with van der Waals surface area (Å²) in [5.74, 6) is 3.54. The van der Waals surface area contributed by atoms with E-state index < -0.39 is 0 Å². The molecule has 1 aromatic heterocycles. The predicted octanol–water partition coefficient (Wildman–Crippen LogP) is 7.96. The minimum Gasteiger partial charge on any atom is -0.496 e. The molecule has 6 nitrogen and oxygen atoms in total. The van der Waals surface area contributed by atoms with E-state index in [0.717, 1.165) is 67.2 Å². The monoisotopic (exact) mass is 582 g/mol. The van der Waals surface area contributed by atoms with E-state index in [1.54, 1.807) is 13.4 Å². The summed E-state index contributed by atoms with van der Waals surface area (Å²) in [6.07, 6.45) is 14.0. The van der Waals surface area contributed by atoms with Crippen LogP contribution in [0.15, 0.2) is 53.1 Å². The van der Waals surface area contributed by atoms with E-state index in [2.05, 4.69) is 54.3 Å². The number of aliphatic hydroxyl groups excluding tert-OH is 1. The SMILES string of the molecule is COc1ccc(C23CCCC(C2)C(CN(c2cccc(-c4coc(C5CC5)n4)c2)C(=O)[C@H]2CC[C@H](O)CC2)CC3)cc1C. The molecule has 2 bridgehead atoms. The number of benzene rings is 2. The summed E-state index contributed by atoms with van der Waals surface area (Å²) in [6.45, 7) is 2.91. The molecule has 3 unspecified atom stereocenters. The molecule has 1 N–H and O–H groups in total. The number of anilines is 1. The van der Waals surface area contributed by atoms with Crippen LogP contribution in [0.5, 0.6) is 5.75 Å². The van der Waals surface area contributed by atoms with Gasteiger partial charge in [0.15, 0.2) is 5.89 Å². The van der Waals surface area contributed by atoms with Gasteiger partial charge in [0.2, 0.25) is 5.91 Å². The molecule has 228 valence electrons. The van der Waals surface area contributed by atoms with E-state index in [1.165, 1.54) is 43.2 Å². The van der Waals surface area contributed by atoms with E-state index in [4.69, 9.17) is 14.1 Å². The lowest BCUT2D eigenvalue weighted by Crippen LogP contribution is -2.47. The van der Waals surface area contributed by atoms with Gasteiger partial charge in [-0.15, -0.1) is 0 Å². The molecule has 4 aliphatic rings. The maximum absolute atomic E-state index is 14.3. The second-order valence-corrected chi connectivity index (χ2v) is 14.0. The number of fused-ring (bicyclic) bond motifs is 2. The van der Waals surface area contributed by atoms with E-state index in [9.17, 15) is 9.90 Å². The molecule has 7 rings (SSSR count). The van der Waals surface area contributed by atoms with Gasteiger partial charge in [-0.25, -0.2) is 4.98 Å². The van der Waals surface area contributed by atoms with Crippen LogP contribution in [-0.2, 0) is 10.2 Å². The number of ether oxygens (including phenoxy) is 1. The van der Waals surface area contributed by atoms with Gasteiger partial charge in [0.1, 0.15) is 17.7 Å². The summed E-state index contributed by atoms with van der Waals surface area (Å²) in [6, 6.07) is 15.2. The molecule has 6 heteroatoms. The van der Waals surface area contributed by atoms with Crippen molar-refractivity contribution in [2.24, 2.45) is 17.8 Å². The maximum Gasteiger partial charge on any atom is 0.230 e. The minimum absolute atomic E-state index is 0.0307. The number of carbonyl (C=O) groups is 1. The first kappa shape index (κ1) is 28.6. The number of rotatable bonds is 8. The summed E-state index contributed by atoms with van der Waals surface area (Å²) in [5.41, 5.74) is 5.72. The Hall–Kier alpha value is -3.12. The number of nitrogens with zero attached hydrogens (tertiary/aromatic N) is 2. The van der Waals surface area contributed by atoms with Gasteiger partial charge in [0.25, 0.3) is 0 Å². The lowest BCUT2D eigenvalue weighted by atomic mass is 9.56. The molecule has 0 spiro atoms. The molecule has 4 fully saturated rings. The lowest BCUT2D eigenvalue weighted by Gasteiger charge is -2.50. The Labute approximate surface area is 255 Å². The normalized spacial score (nSPS) is 28.8. The van der Waals surface area contributed by atoms with Crippen LogP contribution in [0.4, 0.5) is 5.69 Å². The van der Waals surface area contributed by atoms with Crippen molar-refractivity contribution in [1.82, 2.24) is 4.98 Å². The van der Waals surface area contributed by atoms with Gasteiger partial charge < -0.3 is 19.2 Å². The van der Waals surface area contributed by atoms with Gasteiger partial charge in [-0.2, -0.15) is 0 Å². The van der Waals surface area contributed by atoms with Gasteiger partial charge in [0.05, 0.1) is 13.2 Å². The number of oxazole rings is 1. The quantitative estimate of drug-likeness (QED) is 0.292. The van der Waals surface area contributed by atoms with Gasteiger partial charge in [-0.05, 0) is 118 Å². The third kappa shape index (κ3) is 5.75. The van der Waals surface area contributed by atoms with Crippen LogP contribution in [0.3, 0.4) is 0 Å². The van der Waals surface area contributed by atoms with Crippen molar-refractivity contribution >= 4 is 11.6 Å². The second-order valence-electron chi connectivity index (χ2n) is 14.0. The standard InChI is InChI=1S/C37H46N2O4/c1-24-19-30(12-15-34(24)42-2)37-17-4-6-28(21-37)29(16-18-37)22-39(36(41)26-10-13-32(40)14-11-26)31-7-3-5-27(20-31)33-23-43-35(38-33)25-8-9-25/h3,5,7,12,15,19-20,23,25-26,28-29,32,40H,4,6,8-11,13-14,16-18,21-22H2,1-2H3/t26-,28?,29?,32-,37?. The number of hydrogen-bond acceptors (Lipinski definition) is 5. The van der Waals surface area contributed by atoms with Crippen molar-refractivity contribution in [3.8, 4) is 17.0 Å². The fourth-order valence-electron chi connectivity index (χ4n) is 8.46. The van der Waals surface area contributed by atoms with Gasteiger partial charge >= 0.3 is 0 Å². The van der Waals surface area contributed by atoms with Crippen LogP contribution >= 0.6 is 0 Å². The fourth-order valence-corrected chi connectivity index (χ4v) is 8.46. The van der Waals surface area contributed by atoms with Crippen LogP contribution in [0.2, 0.25) is 0 Å². The largest absolute Gasteiger partial charge is 0.496 e. The molecule has 43 heavy (non-hydrogen) atoms. The second kappa shape index (κ2) is 11.8.